The number of carbonyl (C=O) groups excluding carboxylic acids is 2. The lowest BCUT2D eigenvalue weighted by atomic mass is 10.0. The van der Waals surface area contributed by atoms with E-state index in [0.29, 0.717) is 34.9 Å². The highest BCUT2D eigenvalue weighted by atomic mass is 16.6. The van der Waals surface area contributed by atoms with Gasteiger partial charge in [0.25, 0.3) is 5.91 Å². The lowest BCUT2D eigenvalue weighted by Gasteiger charge is -2.15. The monoisotopic (exact) mass is 420 g/mol. The van der Waals surface area contributed by atoms with Gasteiger partial charge < -0.3 is 14.2 Å². The fourth-order valence-corrected chi connectivity index (χ4v) is 3.17. The number of hydrogen-bond donors (Lipinski definition) is 0. The van der Waals surface area contributed by atoms with Crippen LogP contribution in [0.4, 0.5) is 5.69 Å². The summed E-state index contributed by atoms with van der Waals surface area (Å²) in [6.45, 7) is 5.33. The first-order valence-electron chi connectivity index (χ1n) is 9.66. The lowest BCUT2D eigenvalue weighted by molar-refractivity contribution is -0.142. The molecule has 1 aliphatic heterocycles. The topological polar surface area (TPSA) is 77.4 Å². The Morgan fingerprint density at radius 3 is 2.58 bits per heavy atom. The minimum atomic E-state index is -0.498. The lowest BCUT2D eigenvalue weighted by Crippen LogP contribution is -2.21. The van der Waals surface area contributed by atoms with Gasteiger partial charge in [0.2, 0.25) is 0 Å². The zero-order chi connectivity index (χ0) is 22.4. The quantitative estimate of drug-likeness (QED) is 0.369. The van der Waals surface area contributed by atoms with E-state index in [9.17, 15) is 9.59 Å². The molecule has 1 aliphatic rings. The molecule has 31 heavy (non-hydrogen) atoms. The smallest absolute Gasteiger partial charge is 0.343 e. The molecule has 0 aromatic heterocycles. The molecule has 0 N–H and O–H groups in total. The van der Waals surface area contributed by atoms with Crippen LogP contribution in [0.25, 0.3) is 6.08 Å². The van der Waals surface area contributed by atoms with E-state index in [0.717, 1.165) is 11.1 Å². The summed E-state index contributed by atoms with van der Waals surface area (Å²) in [5, 5.41) is 5.79. The van der Waals surface area contributed by atoms with Crippen LogP contribution in [0.5, 0.6) is 11.5 Å². The molecule has 2 aromatic rings. The summed E-state index contributed by atoms with van der Waals surface area (Å²) in [4.78, 5) is 24.5. The number of para-hydroxylation sites is 1. The average Bonchev–Trinajstić information content (AvgIpc) is 3.06. The Morgan fingerprint density at radius 1 is 1.19 bits per heavy atom. The molecule has 1 amide bonds. The first-order valence-corrected chi connectivity index (χ1v) is 9.66. The van der Waals surface area contributed by atoms with Crippen LogP contribution in [0.15, 0.2) is 65.8 Å². The number of nitrogens with zero attached hydrogens (tertiary/aromatic N) is 2. The zero-order valence-electron chi connectivity index (χ0n) is 17.8. The number of hydrazone groups is 1. The fraction of sp³-hybridized carbons (Fsp3) is 0.208. The van der Waals surface area contributed by atoms with Gasteiger partial charge in [-0.3, -0.25) is 4.79 Å². The third kappa shape index (κ3) is 4.83. The summed E-state index contributed by atoms with van der Waals surface area (Å²) < 4.78 is 15.8. The van der Waals surface area contributed by atoms with Crippen molar-refractivity contribution in [3.63, 3.8) is 0 Å². The van der Waals surface area contributed by atoms with Crippen LogP contribution in [-0.4, -0.2) is 38.4 Å². The molecule has 7 heteroatoms. The molecule has 0 saturated carbocycles. The van der Waals surface area contributed by atoms with Gasteiger partial charge in [-0.15, -0.1) is 6.58 Å². The SMILES string of the molecule is C=CCc1cc(/C=C2/C(=O)N(c3ccccc3)N=C2C)cc(OC)c1OCC(=O)OC. The Bertz CT molecular complexity index is 1060. The highest BCUT2D eigenvalue weighted by Crippen LogP contribution is 2.35. The van der Waals surface area contributed by atoms with Crippen LogP contribution >= 0.6 is 0 Å². The average molecular weight is 420 g/mol. The van der Waals surface area contributed by atoms with E-state index in [1.807, 2.05) is 36.4 Å². The Labute approximate surface area is 181 Å². The Kier molecular flexibility index (Phi) is 6.87. The predicted octanol–water partition coefficient (Wildman–Crippen LogP) is 3.78. The number of amides is 1. The second-order valence-electron chi connectivity index (χ2n) is 6.76. The number of methoxy groups -OCH3 is 2. The first kappa shape index (κ1) is 21.8. The molecule has 0 aliphatic carbocycles. The van der Waals surface area contributed by atoms with Crippen molar-refractivity contribution in [3.05, 3.63) is 71.8 Å². The number of hydrogen-bond acceptors (Lipinski definition) is 6. The number of benzene rings is 2. The molecule has 0 bridgehead atoms. The van der Waals surface area contributed by atoms with Crippen molar-refractivity contribution < 1.29 is 23.8 Å². The van der Waals surface area contributed by atoms with Gasteiger partial charge in [0, 0.05) is 5.56 Å². The summed E-state index contributed by atoms with van der Waals surface area (Å²) in [7, 11) is 2.81. The third-order valence-electron chi connectivity index (χ3n) is 4.67. The summed E-state index contributed by atoms with van der Waals surface area (Å²) in [6, 6.07) is 12.9. The van der Waals surface area contributed by atoms with Crippen molar-refractivity contribution in [1.29, 1.82) is 0 Å². The molecule has 2 aromatic carbocycles. The van der Waals surface area contributed by atoms with Crippen molar-refractivity contribution in [2.45, 2.75) is 13.3 Å². The maximum Gasteiger partial charge on any atom is 0.343 e. The van der Waals surface area contributed by atoms with Gasteiger partial charge in [-0.05, 0) is 49.2 Å². The zero-order valence-corrected chi connectivity index (χ0v) is 17.8. The summed E-state index contributed by atoms with van der Waals surface area (Å²) in [6.07, 6.45) is 3.98. The van der Waals surface area contributed by atoms with Crippen molar-refractivity contribution in [2.75, 3.05) is 25.8 Å². The van der Waals surface area contributed by atoms with Gasteiger partial charge in [0.15, 0.2) is 18.1 Å². The Morgan fingerprint density at radius 2 is 1.94 bits per heavy atom. The number of esters is 1. The maximum atomic E-state index is 13.0. The summed E-state index contributed by atoms with van der Waals surface area (Å²) in [5.41, 5.74) is 3.31. The van der Waals surface area contributed by atoms with E-state index in [2.05, 4.69) is 16.4 Å². The number of allylic oxidation sites excluding steroid dienone is 1. The number of carbonyl (C=O) groups is 2. The second-order valence-corrected chi connectivity index (χ2v) is 6.76. The van der Waals surface area contributed by atoms with Crippen molar-refractivity contribution in [3.8, 4) is 11.5 Å². The van der Waals surface area contributed by atoms with Gasteiger partial charge in [0.05, 0.1) is 31.2 Å². The molecule has 3 rings (SSSR count). The van der Waals surface area contributed by atoms with E-state index in [4.69, 9.17) is 9.47 Å². The van der Waals surface area contributed by atoms with Gasteiger partial charge in [0.1, 0.15) is 0 Å². The van der Waals surface area contributed by atoms with Crippen LogP contribution in [0.3, 0.4) is 0 Å². The first-order chi connectivity index (χ1) is 15.0. The van der Waals surface area contributed by atoms with Gasteiger partial charge >= 0.3 is 5.97 Å². The van der Waals surface area contributed by atoms with E-state index in [1.54, 1.807) is 25.1 Å². The van der Waals surface area contributed by atoms with Crippen LogP contribution in [0, 0.1) is 0 Å². The molecule has 0 unspecified atom stereocenters. The van der Waals surface area contributed by atoms with E-state index >= 15 is 0 Å². The standard InChI is InChI=1S/C24H24N2O5/c1-5-9-18-12-17(14-21(29-3)23(18)31-15-22(27)30-4)13-20-16(2)25-26(24(20)28)19-10-7-6-8-11-19/h5-8,10-14H,1,9,15H2,2-4H3/b20-13+. The maximum absolute atomic E-state index is 13.0. The minimum absolute atomic E-state index is 0.209. The largest absolute Gasteiger partial charge is 0.493 e. The number of rotatable bonds is 8. The highest BCUT2D eigenvalue weighted by molar-refractivity contribution is 6.32. The molecule has 0 spiro atoms. The molecule has 0 atom stereocenters. The molecule has 1 heterocycles. The summed E-state index contributed by atoms with van der Waals surface area (Å²) >= 11 is 0. The van der Waals surface area contributed by atoms with Crippen LogP contribution < -0.4 is 14.5 Å². The van der Waals surface area contributed by atoms with Crippen molar-refractivity contribution in [2.24, 2.45) is 5.10 Å². The second kappa shape index (κ2) is 9.75. The minimum Gasteiger partial charge on any atom is -0.493 e. The Hall–Kier alpha value is -3.87. The molecule has 0 radical (unpaired) electrons. The molecule has 160 valence electrons. The molecule has 0 saturated heterocycles. The number of anilines is 1. The van der Waals surface area contributed by atoms with Gasteiger partial charge in [-0.25, -0.2) is 4.79 Å². The van der Waals surface area contributed by atoms with Crippen LogP contribution in [0.2, 0.25) is 0 Å². The Balaban J connectivity index is 1.97. The number of ether oxygens (including phenoxy) is 3. The van der Waals surface area contributed by atoms with Gasteiger partial charge in [-0.1, -0.05) is 24.3 Å². The normalized spacial score (nSPS) is 14.4. The van der Waals surface area contributed by atoms with Gasteiger partial charge in [-0.2, -0.15) is 10.1 Å². The molecule has 0 fully saturated rings. The third-order valence-corrected chi connectivity index (χ3v) is 4.67. The van der Waals surface area contributed by atoms with E-state index < -0.39 is 5.97 Å². The molecular weight excluding hydrogens is 396 g/mol. The van der Waals surface area contributed by atoms with E-state index in [1.165, 1.54) is 19.2 Å². The van der Waals surface area contributed by atoms with Crippen molar-refractivity contribution in [1.82, 2.24) is 0 Å². The molecule has 7 nitrogen and oxygen atoms in total. The van der Waals surface area contributed by atoms with E-state index in [-0.39, 0.29) is 12.5 Å². The predicted molar refractivity (Wildman–Crippen MR) is 119 cm³/mol. The molecular formula is C24H24N2O5. The van der Waals surface area contributed by atoms with Crippen LogP contribution in [0.1, 0.15) is 18.1 Å². The van der Waals surface area contributed by atoms with Crippen LogP contribution in [-0.2, 0) is 20.7 Å². The fourth-order valence-electron chi connectivity index (χ4n) is 3.17. The van der Waals surface area contributed by atoms with Crippen molar-refractivity contribution >= 4 is 29.4 Å². The summed E-state index contributed by atoms with van der Waals surface area (Å²) in [5.74, 6) is 0.167. The highest BCUT2D eigenvalue weighted by Gasteiger charge is 2.28.